The van der Waals surface area contributed by atoms with E-state index in [0.29, 0.717) is 12.3 Å². The number of ether oxygens (including phenoxy) is 1. The first kappa shape index (κ1) is 12.7. The summed E-state index contributed by atoms with van der Waals surface area (Å²) in [4.78, 5) is 5.44. The summed E-state index contributed by atoms with van der Waals surface area (Å²) < 4.78 is 6.28. The van der Waals surface area contributed by atoms with Crippen LogP contribution in [0.2, 0.25) is 0 Å². The molecule has 110 valence electrons. The summed E-state index contributed by atoms with van der Waals surface area (Å²) in [5.74, 6) is 1.44. The zero-order chi connectivity index (χ0) is 13.7. The van der Waals surface area contributed by atoms with Crippen LogP contribution in [0.15, 0.2) is 23.6 Å². The smallest absolute Gasteiger partial charge is 0.111 e. The quantitative estimate of drug-likeness (QED) is 0.799. The van der Waals surface area contributed by atoms with Gasteiger partial charge in [-0.15, -0.1) is 0 Å². The summed E-state index contributed by atoms with van der Waals surface area (Å²) in [6.45, 7) is 0.820. The van der Waals surface area contributed by atoms with Gasteiger partial charge in [0.25, 0.3) is 0 Å². The first-order valence-corrected chi connectivity index (χ1v) is 7.81. The van der Waals surface area contributed by atoms with Crippen LogP contribution >= 0.6 is 0 Å². The molecule has 4 aliphatic rings. The van der Waals surface area contributed by atoms with Crippen molar-refractivity contribution >= 4 is 0 Å². The third-order valence-electron chi connectivity index (χ3n) is 5.53. The Balaban J connectivity index is 1.81. The van der Waals surface area contributed by atoms with E-state index >= 15 is 0 Å². The Kier molecular flexibility index (Phi) is 2.86. The molecule has 0 aromatic heterocycles. The second kappa shape index (κ2) is 4.50. The fourth-order valence-electron chi connectivity index (χ4n) is 4.72. The second-order valence-corrected chi connectivity index (χ2v) is 6.62. The highest BCUT2D eigenvalue weighted by molar-refractivity contribution is 5.38. The monoisotopic (exact) mass is 277 g/mol. The Bertz CT molecular complexity index is 472. The van der Waals surface area contributed by atoms with Crippen molar-refractivity contribution in [1.82, 2.24) is 5.06 Å². The molecule has 4 rings (SSSR count). The molecule has 2 aliphatic carbocycles. The summed E-state index contributed by atoms with van der Waals surface area (Å²) in [5.41, 5.74) is 1.55. The maximum Gasteiger partial charge on any atom is 0.111 e. The van der Waals surface area contributed by atoms with Crippen molar-refractivity contribution in [2.75, 3.05) is 13.7 Å². The van der Waals surface area contributed by atoms with E-state index in [4.69, 9.17) is 9.57 Å². The molecule has 0 aromatic carbocycles. The van der Waals surface area contributed by atoms with Crippen molar-refractivity contribution in [2.45, 2.75) is 50.7 Å². The summed E-state index contributed by atoms with van der Waals surface area (Å²) in [6, 6.07) is 0. The molecule has 4 nitrogen and oxygen atoms in total. The molecule has 0 bridgehead atoms. The minimum atomic E-state index is -0.271. The Labute approximate surface area is 120 Å². The lowest BCUT2D eigenvalue weighted by atomic mass is 9.63. The zero-order valence-corrected chi connectivity index (χ0v) is 12.0. The Hall–Kier alpha value is -1.00. The van der Waals surface area contributed by atoms with Crippen molar-refractivity contribution in [3.63, 3.8) is 0 Å². The van der Waals surface area contributed by atoms with Gasteiger partial charge in [0, 0.05) is 18.5 Å². The normalized spacial score (nSPS) is 42.9. The highest BCUT2D eigenvalue weighted by Gasteiger charge is 2.54. The number of hydrogen-bond acceptors (Lipinski definition) is 4. The van der Waals surface area contributed by atoms with E-state index in [2.05, 4.69) is 12.3 Å². The van der Waals surface area contributed by atoms with Crippen LogP contribution in [0.4, 0.5) is 0 Å². The fourth-order valence-corrected chi connectivity index (χ4v) is 4.72. The van der Waals surface area contributed by atoms with Crippen molar-refractivity contribution < 1.29 is 14.7 Å². The molecular formula is C16H23NO3. The number of aliphatic hydroxyl groups is 1. The number of nitrogens with zero attached hydrogens (tertiary/aromatic N) is 1. The van der Waals surface area contributed by atoms with E-state index in [0.717, 1.165) is 25.1 Å². The molecule has 0 saturated heterocycles. The number of hydroxylamine groups is 2. The highest BCUT2D eigenvalue weighted by Crippen LogP contribution is 2.58. The van der Waals surface area contributed by atoms with Gasteiger partial charge in [-0.25, -0.2) is 0 Å². The van der Waals surface area contributed by atoms with Gasteiger partial charge in [0.2, 0.25) is 0 Å². The van der Waals surface area contributed by atoms with Gasteiger partial charge >= 0.3 is 0 Å². The lowest BCUT2D eigenvalue weighted by molar-refractivity contribution is -0.0967. The van der Waals surface area contributed by atoms with Crippen LogP contribution < -0.4 is 0 Å². The van der Waals surface area contributed by atoms with E-state index in [9.17, 15) is 5.11 Å². The molecule has 1 fully saturated rings. The summed E-state index contributed by atoms with van der Waals surface area (Å²) >= 11 is 0. The van der Waals surface area contributed by atoms with Crippen molar-refractivity contribution in [3.8, 4) is 0 Å². The molecule has 0 aromatic rings. The summed E-state index contributed by atoms with van der Waals surface area (Å²) in [7, 11) is 1.71. The van der Waals surface area contributed by atoms with Crippen LogP contribution in [0.1, 0.15) is 38.5 Å². The molecule has 1 spiro atoms. The van der Waals surface area contributed by atoms with Crippen molar-refractivity contribution in [3.05, 3.63) is 23.6 Å². The number of rotatable bonds is 1. The maximum absolute atomic E-state index is 10.2. The molecule has 2 aliphatic heterocycles. The molecule has 0 radical (unpaired) electrons. The van der Waals surface area contributed by atoms with Gasteiger partial charge in [-0.2, -0.15) is 0 Å². The zero-order valence-electron chi connectivity index (χ0n) is 12.0. The minimum Gasteiger partial charge on any atom is -0.493 e. The standard InChI is InChI=1S/C16H23NO3/c1-19-17-7-6-16-5-3-2-4-14(16)20-13-9-12(18)8-11(10-17)15(13)16/h6-7,11-12,14,18H,2-5,8-10H2,1H3/t11?,12-,14?,16?/m1/s1. The lowest BCUT2D eigenvalue weighted by Gasteiger charge is -2.39. The lowest BCUT2D eigenvalue weighted by Crippen LogP contribution is -2.38. The minimum absolute atomic E-state index is 0.0751. The number of hydrogen-bond donors (Lipinski definition) is 1. The summed E-state index contributed by atoms with van der Waals surface area (Å²) in [5, 5.41) is 12.1. The first-order valence-electron chi connectivity index (χ1n) is 7.81. The molecule has 20 heavy (non-hydrogen) atoms. The third-order valence-corrected chi connectivity index (χ3v) is 5.53. The Morgan fingerprint density at radius 3 is 3.20 bits per heavy atom. The first-order chi connectivity index (χ1) is 9.73. The van der Waals surface area contributed by atoms with Gasteiger partial charge in [-0.3, -0.25) is 9.90 Å². The predicted octanol–water partition coefficient (Wildman–Crippen LogP) is 2.36. The van der Waals surface area contributed by atoms with E-state index in [1.807, 2.05) is 5.06 Å². The van der Waals surface area contributed by atoms with Gasteiger partial charge in [0.1, 0.15) is 6.10 Å². The SMILES string of the molecule is CON1C=CC23CCCCC2OC2=C3C(C[C@@H](O)C2)C1. The van der Waals surface area contributed by atoms with Crippen LogP contribution in [0.5, 0.6) is 0 Å². The molecule has 1 N–H and O–H groups in total. The molecule has 1 saturated carbocycles. The maximum atomic E-state index is 10.2. The summed E-state index contributed by atoms with van der Waals surface area (Å²) in [6.07, 6.45) is 10.8. The van der Waals surface area contributed by atoms with Gasteiger partial charge in [-0.1, -0.05) is 12.5 Å². The Morgan fingerprint density at radius 2 is 2.35 bits per heavy atom. The van der Waals surface area contributed by atoms with Gasteiger partial charge in [0.05, 0.1) is 30.9 Å². The average molecular weight is 277 g/mol. The van der Waals surface area contributed by atoms with Gasteiger partial charge in [-0.05, 0) is 31.3 Å². The number of aliphatic hydroxyl groups excluding tert-OH is 1. The van der Waals surface area contributed by atoms with E-state index in [1.165, 1.54) is 24.8 Å². The van der Waals surface area contributed by atoms with E-state index in [1.54, 1.807) is 7.11 Å². The average Bonchev–Trinajstić information content (AvgIpc) is 2.68. The molecule has 4 atom stereocenters. The molecule has 0 amide bonds. The van der Waals surface area contributed by atoms with Crippen molar-refractivity contribution in [2.24, 2.45) is 11.3 Å². The Morgan fingerprint density at radius 1 is 1.45 bits per heavy atom. The van der Waals surface area contributed by atoms with E-state index < -0.39 is 0 Å². The topological polar surface area (TPSA) is 41.9 Å². The molecule has 2 heterocycles. The predicted molar refractivity (Wildman–Crippen MR) is 74.4 cm³/mol. The second-order valence-electron chi connectivity index (χ2n) is 6.62. The van der Waals surface area contributed by atoms with Crippen LogP contribution in [0, 0.1) is 11.3 Å². The molecule has 3 unspecified atom stereocenters. The molecular weight excluding hydrogens is 254 g/mol. The highest BCUT2D eigenvalue weighted by atomic mass is 16.7. The van der Waals surface area contributed by atoms with Crippen LogP contribution in [-0.4, -0.2) is 36.0 Å². The fraction of sp³-hybridized carbons (Fsp3) is 0.750. The van der Waals surface area contributed by atoms with Crippen LogP contribution in [0.3, 0.4) is 0 Å². The van der Waals surface area contributed by atoms with Gasteiger partial charge in [0.15, 0.2) is 0 Å². The van der Waals surface area contributed by atoms with Gasteiger partial charge < -0.3 is 9.84 Å². The van der Waals surface area contributed by atoms with Crippen LogP contribution in [0.25, 0.3) is 0 Å². The largest absolute Gasteiger partial charge is 0.493 e. The van der Waals surface area contributed by atoms with E-state index in [-0.39, 0.29) is 17.6 Å². The van der Waals surface area contributed by atoms with Crippen LogP contribution in [-0.2, 0) is 9.57 Å². The molecule has 4 heteroatoms. The third kappa shape index (κ3) is 1.67. The van der Waals surface area contributed by atoms with Crippen molar-refractivity contribution in [1.29, 1.82) is 0 Å².